The van der Waals surface area contributed by atoms with Gasteiger partial charge in [0.25, 0.3) is 5.91 Å². The van der Waals surface area contributed by atoms with Crippen molar-refractivity contribution in [2.24, 2.45) is 0 Å². The Kier molecular flexibility index (Phi) is 8.00. The maximum atomic E-state index is 13.1. The molecule has 1 atom stereocenters. The minimum absolute atomic E-state index is 0.0510. The number of hydrogen-bond donors (Lipinski definition) is 2. The summed E-state index contributed by atoms with van der Waals surface area (Å²) in [5, 5.41) is 19.4. The van der Waals surface area contributed by atoms with Crippen molar-refractivity contribution in [1.29, 1.82) is 0 Å². The summed E-state index contributed by atoms with van der Waals surface area (Å²) >= 11 is 3.39. The molecule has 0 aromatic heterocycles. The Bertz CT molecular complexity index is 1040. The molecule has 1 amide bonds. The lowest BCUT2D eigenvalue weighted by Crippen LogP contribution is -2.32. The van der Waals surface area contributed by atoms with Crippen LogP contribution in [-0.2, 0) is 14.4 Å². The van der Waals surface area contributed by atoms with Crippen molar-refractivity contribution in [3.63, 3.8) is 0 Å². The van der Waals surface area contributed by atoms with Crippen LogP contribution < -0.4 is 0 Å². The van der Waals surface area contributed by atoms with Crippen LogP contribution in [0, 0.1) is 0 Å². The van der Waals surface area contributed by atoms with Gasteiger partial charge in [0.15, 0.2) is 11.5 Å². The number of aliphatic hydroxyl groups excluding tert-OH is 1. The Labute approximate surface area is 195 Å². The molecule has 0 saturated heterocycles. The fourth-order valence-corrected chi connectivity index (χ4v) is 3.95. The van der Waals surface area contributed by atoms with E-state index in [4.69, 9.17) is 5.11 Å². The number of rotatable bonds is 10. The molecule has 2 N–H and O–H groups in total. The summed E-state index contributed by atoms with van der Waals surface area (Å²) < 4.78 is 0.857. The topological polar surface area (TPSA) is 94.9 Å². The van der Waals surface area contributed by atoms with Gasteiger partial charge in [0.1, 0.15) is 0 Å². The zero-order valence-corrected chi connectivity index (χ0v) is 19.0. The molecular formula is C25H24BrNO5. The van der Waals surface area contributed by atoms with Gasteiger partial charge in [-0.15, -0.1) is 0 Å². The smallest absolute Gasteiger partial charge is 0.303 e. The second-order valence-corrected chi connectivity index (χ2v) is 8.44. The first-order valence-electron chi connectivity index (χ1n) is 10.4. The Morgan fingerprint density at radius 2 is 1.69 bits per heavy atom. The van der Waals surface area contributed by atoms with Crippen molar-refractivity contribution in [3.8, 4) is 0 Å². The third-order valence-corrected chi connectivity index (χ3v) is 5.80. The predicted octanol–water partition coefficient (Wildman–Crippen LogP) is 5.07. The van der Waals surface area contributed by atoms with Crippen molar-refractivity contribution in [1.82, 2.24) is 4.90 Å². The summed E-state index contributed by atoms with van der Waals surface area (Å²) in [7, 11) is 0. The SMILES string of the molecule is O=C(O)CCCCCN1C(=O)C(O)=C(C(=O)/C=C/c2ccccc2)[C@@H]1c1ccc(Br)cc1. The minimum Gasteiger partial charge on any atom is -0.503 e. The summed E-state index contributed by atoms with van der Waals surface area (Å²) in [5.41, 5.74) is 1.60. The number of hydrogen-bond acceptors (Lipinski definition) is 4. The molecule has 2 aromatic carbocycles. The van der Waals surface area contributed by atoms with Crippen molar-refractivity contribution in [2.75, 3.05) is 6.54 Å². The van der Waals surface area contributed by atoms with Crippen LogP contribution in [-0.4, -0.2) is 39.3 Å². The highest BCUT2D eigenvalue weighted by Gasteiger charge is 2.42. The number of allylic oxidation sites excluding steroid dienone is 1. The zero-order valence-electron chi connectivity index (χ0n) is 17.4. The van der Waals surface area contributed by atoms with Gasteiger partial charge in [0.2, 0.25) is 0 Å². The van der Waals surface area contributed by atoms with Gasteiger partial charge < -0.3 is 15.1 Å². The number of carbonyl (C=O) groups is 3. The molecule has 0 bridgehead atoms. The van der Waals surface area contributed by atoms with Crippen LogP contribution in [0.15, 0.2) is 76.5 Å². The quantitative estimate of drug-likeness (QED) is 0.352. The Balaban J connectivity index is 1.85. The third-order valence-electron chi connectivity index (χ3n) is 5.27. The molecule has 0 saturated carbocycles. The standard InChI is InChI=1S/C25H24BrNO5/c26-19-13-11-18(12-14-19)23-22(20(28)15-10-17-7-3-1-4-8-17)24(31)25(32)27(23)16-6-2-5-9-21(29)30/h1,3-4,7-8,10-15,23,31H,2,5-6,9,16H2,(H,29,30)/b15-10+/t23-/m0/s1. The molecule has 166 valence electrons. The molecule has 6 nitrogen and oxygen atoms in total. The number of ketones is 1. The van der Waals surface area contributed by atoms with Crippen LogP contribution in [0.5, 0.6) is 0 Å². The number of nitrogens with zero attached hydrogens (tertiary/aromatic N) is 1. The number of aliphatic hydroxyl groups is 1. The van der Waals surface area contributed by atoms with Gasteiger partial charge in [0.05, 0.1) is 11.6 Å². The van der Waals surface area contributed by atoms with E-state index in [9.17, 15) is 19.5 Å². The Morgan fingerprint density at radius 3 is 2.34 bits per heavy atom. The number of unbranched alkanes of at least 4 members (excludes halogenated alkanes) is 2. The largest absolute Gasteiger partial charge is 0.503 e. The van der Waals surface area contributed by atoms with Crippen molar-refractivity contribution < 1.29 is 24.6 Å². The molecule has 32 heavy (non-hydrogen) atoms. The first-order valence-corrected chi connectivity index (χ1v) is 11.2. The molecular weight excluding hydrogens is 474 g/mol. The van der Waals surface area contributed by atoms with E-state index < -0.39 is 29.5 Å². The molecule has 2 aromatic rings. The van der Waals surface area contributed by atoms with Crippen molar-refractivity contribution >= 4 is 39.7 Å². The predicted molar refractivity (Wildman–Crippen MR) is 125 cm³/mol. The molecule has 7 heteroatoms. The molecule has 1 aliphatic rings. The molecule has 0 spiro atoms. The van der Waals surface area contributed by atoms with Crippen LogP contribution in [0.4, 0.5) is 0 Å². The number of amides is 1. The Morgan fingerprint density at radius 1 is 1.00 bits per heavy atom. The van der Waals surface area contributed by atoms with Gasteiger partial charge in [-0.2, -0.15) is 0 Å². The summed E-state index contributed by atoms with van der Waals surface area (Å²) in [6, 6.07) is 15.9. The number of carboxylic acids is 1. The molecule has 3 rings (SSSR count). The number of halogens is 1. The minimum atomic E-state index is -0.854. The number of carboxylic acid groups (broad SMARTS) is 1. The van der Waals surface area contributed by atoms with Crippen LogP contribution in [0.1, 0.15) is 42.9 Å². The molecule has 1 aliphatic heterocycles. The van der Waals surface area contributed by atoms with Gasteiger partial charge in [-0.25, -0.2) is 0 Å². The third kappa shape index (κ3) is 5.73. The second-order valence-electron chi connectivity index (χ2n) is 7.53. The van der Waals surface area contributed by atoms with E-state index in [1.807, 2.05) is 54.6 Å². The normalized spacial score (nSPS) is 16.2. The summed E-state index contributed by atoms with van der Waals surface area (Å²) in [4.78, 5) is 38.1. The second kappa shape index (κ2) is 10.9. The van der Waals surface area contributed by atoms with Crippen LogP contribution in [0.2, 0.25) is 0 Å². The number of carbonyl (C=O) groups excluding carboxylic acids is 2. The fourth-order valence-electron chi connectivity index (χ4n) is 3.69. The van der Waals surface area contributed by atoms with Crippen molar-refractivity contribution in [2.45, 2.75) is 31.7 Å². The molecule has 0 radical (unpaired) electrons. The van der Waals surface area contributed by atoms with Crippen LogP contribution in [0.25, 0.3) is 6.08 Å². The lowest BCUT2D eigenvalue weighted by molar-refractivity contribution is -0.137. The van der Waals surface area contributed by atoms with E-state index in [0.717, 1.165) is 10.0 Å². The van der Waals surface area contributed by atoms with Gasteiger partial charge in [-0.1, -0.05) is 70.9 Å². The first kappa shape index (κ1) is 23.5. The average Bonchev–Trinajstić information content (AvgIpc) is 3.03. The average molecular weight is 498 g/mol. The lowest BCUT2D eigenvalue weighted by Gasteiger charge is -2.26. The summed E-state index contributed by atoms with van der Waals surface area (Å²) in [6.45, 7) is 0.308. The highest BCUT2D eigenvalue weighted by Crippen LogP contribution is 2.38. The molecule has 0 fully saturated rings. The summed E-state index contributed by atoms with van der Waals surface area (Å²) in [6.07, 6.45) is 4.80. The number of aliphatic carboxylic acids is 1. The van der Waals surface area contributed by atoms with Crippen molar-refractivity contribution in [3.05, 3.63) is 87.6 Å². The Hall–Kier alpha value is -3.19. The van der Waals surface area contributed by atoms with E-state index in [1.54, 1.807) is 6.08 Å². The van der Waals surface area contributed by atoms with Gasteiger partial charge >= 0.3 is 5.97 Å². The van der Waals surface area contributed by atoms with Gasteiger partial charge in [-0.05, 0) is 42.2 Å². The van der Waals surface area contributed by atoms with E-state index in [0.29, 0.717) is 31.4 Å². The highest BCUT2D eigenvalue weighted by atomic mass is 79.9. The number of benzene rings is 2. The fraction of sp³-hybridized carbons (Fsp3) is 0.240. The first-order chi connectivity index (χ1) is 15.4. The van der Waals surface area contributed by atoms with E-state index in [-0.39, 0.29) is 12.0 Å². The zero-order chi connectivity index (χ0) is 23.1. The lowest BCUT2D eigenvalue weighted by atomic mass is 9.95. The maximum absolute atomic E-state index is 13.1. The monoisotopic (exact) mass is 497 g/mol. The van der Waals surface area contributed by atoms with Gasteiger partial charge in [-0.3, -0.25) is 14.4 Å². The summed E-state index contributed by atoms with van der Waals surface area (Å²) in [5.74, 6) is -2.41. The molecule has 0 unspecified atom stereocenters. The maximum Gasteiger partial charge on any atom is 0.303 e. The van der Waals surface area contributed by atoms with Gasteiger partial charge in [0, 0.05) is 17.4 Å². The molecule has 1 heterocycles. The van der Waals surface area contributed by atoms with Crippen LogP contribution >= 0.6 is 15.9 Å². The van der Waals surface area contributed by atoms with E-state index in [1.165, 1.54) is 11.0 Å². The van der Waals surface area contributed by atoms with Crippen LogP contribution in [0.3, 0.4) is 0 Å². The molecule has 0 aliphatic carbocycles. The highest BCUT2D eigenvalue weighted by molar-refractivity contribution is 9.10. The van der Waals surface area contributed by atoms with E-state index >= 15 is 0 Å². The van der Waals surface area contributed by atoms with E-state index in [2.05, 4.69) is 15.9 Å².